The van der Waals surface area contributed by atoms with Crippen LogP contribution in [0.5, 0.6) is 5.75 Å². The van der Waals surface area contributed by atoms with E-state index in [1.165, 1.54) is 12.0 Å². The largest absolute Gasteiger partial charge is 0.497 e. The summed E-state index contributed by atoms with van der Waals surface area (Å²) in [6.45, 7) is 3.93. The Kier molecular flexibility index (Phi) is 6.01. The molecule has 0 unspecified atom stereocenters. The zero-order valence-electron chi connectivity index (χ0n) is 11.7. The molecular weight excluding hydrogens is 326 g/mol. The molecule has 0 aromatic heterocycles. The summed E-state index contributed by atoms with van der Waals surface area (Å²) in [7, 11) is 1.51. The SMILES string of the molecule is COc1ccc(Br)c(C(=O)N(CC(=O)O)CC(C)C)c1. The van der Waals surface area contributed by atoms with Gasteiger partial charge in [-0.25, -0.2) is 0 Å². The maximum absolute atomic E-state index is 12.5. The highest BCUT2D eigenvalue weighted by atomic mass is 79.9. The molecule has 0 bridgehead atoms. The van der Waals surface area contributed by atoms with Gasteiger partial charge in [0.2, 0.25) is 0 Å². The third kappa shape index (κ3) is 4.52. The molecule has 0 aliphatic carbocycles. The standard InChI is InChI=1S/C14H18BrNO4/c1-9(2)7-16(8-13(17)18)14(19)11-6-10(20-3)4-5-12(11)15/h4-6,9H,7-8H2,1-3H3,(H,17,18). The van der Waals surface area contributed by atoms with Crippen LogP contribution in [0.4, 0.5) is 0 Å². The first-order valence-electron chi connectivity index (χ1n) is 6.19. The molecule has 5 nitrogen and oxygen atoms in total. The number of carbonyl (C=O) groups is 2. The summed E-state index contributed by atoms with van der Waals surface area (Å²) >= 11 is 3.31. The fraction of sp³-hybridized carbons (Fsp3) is 0.429. The number of hydrogen-bond acceptors (Lipinski definition) is 3. The molecule has 20 heavy (non-hydrogen) atoms. The Morgan fingerprint density at radius 3 is 2.55 bits per heavy atom. The van der Waals surface area contributed by atoms with Gasteiger partial charge in [-0.05, 0) is 40.0 Å². The molecule has 0 heterocycles. The number of carboxylic acids is 1. The molecule has 0 fully saturated rings. The number of amides is 1. The maximum Gasteiger partial charge on any atom is 0.323 e. The molecule has 1 amide bonds. The van der Waals surface area contributed by atoms with E-state index in [-0.39, 0.29) is 18.4 Å². The lowest BCUT2D eigenvalue weighted by molar-refractivity contribution is -0.137. The van der Waals surface area contributed by atoms with Gasteiger partial charge < -0.3 is 14.7 Å². The monoisotopic (exact) mass is 343 g/mol. The molecule has 1 aromatic rings. The van der Waals surface area contributed by atoms with Crippen LogP contribution in [0.15, 0.2) is 22.7 Å². The van der Waals surface area contributed by atoms with Crippen LogP contribution in [-0.4, -0.2) is 42.1 Å². The molecule has 0 atom stereocenters. The molecule has 0 aliphatic heterocycles. The normalized spacial score (nSPS) is 10.4. The van der Waals surface area contributed by atoms with Gasteiger partial charge in [-0.3, -0.25) is 9.59 Å². The summed E-state index contributed by atoms with van der Waals surface area (Å²) in [4.78, 5) is 24.7. The predicted molar refractivity (Wildman–Crippen MR) is 79.1 cm³/mol. The van der Waals surface area contributed by atoms with E-state index in [0.717, 1.165) is 0 Å². The van der Waals surface area contributed by atoms with E-state index in [0.29, 0.717) is 22.3 Å². The minimum Gasteiger partial charge on any atom is -0.497 e. The first-order valence-corrected chi connectivity index (χ1v) is 6.99. The van der Waals surface area contributed by atoms with Crippen molar-refractivity contribution in [3.05, 3.63) is 28.2 Å². The van der Waals surface area contributed by atoms with Crippen molar-refractivity contribution in [2.45, 2.75) is 13.8 Å². The van der Waals surface area contributed by atoms with Crippen molar-refractivity contribution in [2.24, 2.45) is 5.92 Å². The van der Waals surface area contributed by atoms with E-state index in [4.69, 9.17) is 9.84 Å². The average Bonchev–Trinajstić information content (AvgIpc) is 2.36. The first kappa shape index (κ1) is 16.5. The van der Waals surface area contributed by atoms with Gasteiger partial charge in [0, 0.05) is 11.0 Å². The van der Waals surface area contributed by atoms with E-state index < -0.39 is 5.97 Å². The third-order valence-corrected chi connectivity index (χ3v) is 3.29. The third-order valence-electron chi connectivity index (χ3n) is 2.60. The van der Waals surface area contributed by atoms with Gasteiger partial charge in [0.05, 0.1) is 12.7 Å². The van der Waals surface area contributed by atoms with Crippen molar-refractivity contribution in [3.8, 4) is 5.75 Å². The predicted octanol–water partition coefficient (Wildman–Crippen LogP) is 2.64. The van der Waals surface area contributed by atoms with Crippen LogP contribution in [0.1, 0.15) is 24.2 Å². The molecule has 1 aromatic carbocycles. The van der Waals surface area contributed by atoms with E-state index in [2.05, 4.69) is 15.9 Å². The Bertz CT molecular complexity index is 502. The van der Waals surface area contributed by atoms with Gasteiger partial charge in [0.25, 0.3) is 5.91 Å². The van der Waals surface area contributed by atoms with Crippen molar-refractivity contribution in [2.75, 3.05) is 20.2 Å². The molecule has 0 aliphatic rings. The number of ether oxygens (including phenoxy) is 1. The lowest BCUT2D eigenvalue weighted by Crippen LogP contribution is -2.38. The Morgan fingerprint density at radius 1 is 1.40 bits per heavy atom. The van der Waals surface area contributed by atoms with Crippen molar-refractivity contribution >= 4 is 27.8 Å². The molecule has 0 saturated heterocycles. The van der Waals surface area contributed by atoms with E-state index in [1.807, 2.05) is 13.8 Å². The number of methoxy groups -OCH3 is 1. The number of hydrogen-bond donors (Lipinski definition) is 1. The summed E-state index contributed by atoms with van der Waals surface area (Å²) in [5.41, 5.74) is 0.395. The van der Waals surface area contributed by atoms with Crippen LogP contribution in [0.25, 0.3) is 0 Å². The summed E-state index contributed by atoms with van der Waals surface area (Å²) in [6.07, 6.45) is 0. The summed E-state index contributed by atoms with van der Waals surface area (Å²) in [6, 6.07) is 5.03. The molecule has 0 spiro atoms. The second-order valence-corrected chi connectivity index (χ2v) is 5.67. The lowest BCUT2D eigenvalue weighted by atomic mass is 10.1. The van der Waals surface area contributed by atoms with Crippen molar-refractivity contribution in [1.82, 2.24) is 4.90 Å². The summed E-state index contributed by atoms with van der Waals surface area (Å²) < 4.78 is 5.71. The van der Waals surface area contributed by atoms with Gasteiger partial charge in [-0.1, -0.05) is 13.8 Å². The summed E-state index contributed by atoms with van der Waals surface area (Å²) in [5, 5.41) is 8.93. The number of rotatable bonds is 6. The van der Waals surface area contributed by atoms with Gasteiger partial charge in [0.1, 0.15) is 12.3 Å². The van der Waals surface area contributed by atoms with E-state index >= 15 is 0 Å². The Morgan fingerprint density at radius 2 is 2.05 bits per heavy atom. The Balaban J connectivity index is 3.07. The van der Waals surface area contributed by atoms with Crippen LogP contribution < -0.4 is 4.74 Å². The highest BCUT2D eigenvalue weighted by Crippen LogP contribution is 2.24. The minimum absolute atomic E-state index is 0.183. The van der Waals surface area contributed by atoms with Crippen LogP contribution in [-0.2, 0) is 4.79 Å². The van der Waals surface area contributed by atoms with Gasteiger partial charge in [-0.15, -0.1) is 0 Å². The number of halogens is 1. The second-order valence-electron chi connectivity index (χ2n) is 4.82. The first-order chi connectivity index (χ1) is 9.35. The van der Waals surface area contributed by atoms with Crippen LogP contribution >= 0.6 is 15.9 Å². The van der Waals surface area contributed by atoms with Gasteiger partial charge in [-0.2, -0.15) is 0 Å². The topological polar surface area (TPSA) is 66.8 Å². The average molecular weight is 344 g/mol. The van der Waals surface area contributed by atoms with Crippen LogP contribution in [0.2, 0.25) is 0 Å². The molecule has 6 heteroatoms. The zero-order valence-corrected chi connectivity index (χ0v) is 13.3. The zero-order chi connectivity index (χ0) is 15.3. The number of benzene rings is 1. The highest BCUT2D eigenvalue weighted by Gasteiger charge is 2.21. The summed E-state index contributed by atoms with van der Waals surface area (Å²) in [5.74, 6) is -0.621. The number of carboxylic acid groups (broad SMARTS) is 1. The fourth-order valence-corrected chi connectivity index (χ4v) is 2.21. The highest BCUT2D eigenvalue weighted by molar-refractivity contribution is 9.10. The maximum atomic E-state index is 12.5. The van der Waals surface area contributed by atoms with Crippen molar-refractivity contribution < 1.29 is 19.4 Å². The quantitative estimate of drug-likeness (QED) is 0.862. The lowest BCUT2D eigenvalue weighted by Gasteiger charge is -2.23. The molecule has 0 saturated carbocycles. The minimum atomic E-state index is -1.03. The second kappa shape index (κ2) is 7.28. The molecular formula is C14H18BrNO4. The fourth-order valence-electron chi connectivity index (χ4n) is 1.79. The van der Waals surface area contributed by atoms with E-state index in [9.17, 15) is 9.59 Å². The van der Waals surface area contributed by atoms with E-state index in [1.54, 1.807) is 18.2 Å². The van der Waals surface area contributed by atoms with Crippen LogP contribution in [0, 0.1) is 5.92 Å². The van der Waals surface area contributed by atoms with Crippen molar-refractivity contribution in [3.63, 3.8) is 0 Å². The number of nitrogens with zero attached hydrogens (tertiary/aromatic N) is 1. The van der Waals surface area contributed by atoms with Crippen LogP contribution in [0.3, 0.4) is 0 Å². The number of carbonyl (C=O) groups excluding carboxylic acids is 1. The Hall–Kier alpha value is -1.56. The molecule has 1 N–H and O–H groups in total. The van der Waals surface area contributed by atoms with Gasteiger partial charge >= 0.3 is 5.97 Å². The van der Waals surface area contributed by atoms with Gasteiger partial charge in [0.15, 0.2) is 0 Å². The Labute approximate surface area is 126 Å². The molecule has 1 rings (SSSR count). The number of aliphatic carboxylic acids is 1. The molecule has 0 radical (unpaired) electrons. The van der Waals surface area contributed by atoms with Crippen molar-refractivity contribution in [1.29, 1.82) is 0 Å². The molecule has 110 valence electrons. The smallest absolute Gasteiger partial charge is 0.323 e.